The Bertz CT molecular complexity index is 404. The Balaban J connectivity index is 2.79. The van der Waals surface area contributed by atoms with Gasteiger partial charge in [-0.25, -0.2) is 0 Å². The lowest BCUT2D eigenvalue weighted by Gasteiger charge is -2.31. The van der Waals surface area contributed by atoms with Gasteiger partial charge in [0.25, 0.3) is 0 Å². The molecule has 0 spiro atoms. The van der Waals surface area contributed by atoms with Gasteiger partial charge in [0.2, 0.25) is 0 Å². The summed E-state index contributed by atoms with van der Waals surface area (Å²) < 4.78 is 3.30. The van der Waals surface area contributed by atoms with Gasteiger partial charge in [-0.3, -0.25) is 4.68 Å². The van der Waals surface area contributed by atoms with E-state index in [1.165, 1.54) is 10.2 Å². The second-order valence-electron chi connectivity index (χ2n) is 6.18. The Kier molecular flexibility index (Phi) is 6.06. The van der Waals surface area contributed by atoms with E-state index in [-0.39, 0.29) is 5.41 Å². The fourth-order valence-electron chi connectivity index (χ4n) is 2.48. The lowest BCUT2D eigenvalue weighted by Crippen LogP contribution is -2.40. The molecule has 1 rings (SSSR count). The third-order valence-electron chi connectivity index (χ3n) is 3.62. The summed E-state index contributed by atoms with van der Waals surface area (Å²) in [5, 5.41) is 8.18. The Hall–Kier alpha value is -0.350. The van der Waals surface area contributed by atoms with E-state index in [1.807, 2.05) is 0 Å². The Morgan fingerprint density at radius 2 is 1.95 bits per heavy atom. The van der Waals surface area contributed by atoms with Crippen LogP contribution in [0.1, 0.15) is 52.4 Å². The van der Waals surface area contributed by atoms with E-state index in [2.05, 4.69) is 72.6 Å². The molecule has 0 radical (unpaired) electrons. The molecule has 1 heterocycles. The second-order valence-corrected chi connectivity index (χ2v) is 6.97. The Morgan fingerprint density at radius 1 is 1.32 bits per heavy atom. The topological polar surface area (TPSA) is 29.9 Å². The van der Waals surface area contributed by atoms with E-state index < -0.39 is 0 Å². The van der Waals surface area contributed by atoms with Gasteiger partial charge in [0, 0.05) is 12.6 Å². The fourth-order valence-corrected chi connectivity index (χ4v) is 2.96. The molecule has 19 heavy (non-hydrogen) atoms. The quantitative estimate of drug-likeness (QED) is 0.856. The maximum absolute atomic E-state index is 4.56. The average Bonchev–Trinajstić information content (AvgIpc) is 2.59. The zero-order chi connectivity index (χ0) is 14.6. The van der Waals surface area contributed by atoms with E-state index in [0.29, 0.717) is 6.04 Å². The summed E-state index contributed by atoms with van der Waals surface area (Å²) in [7, 11) is 0. The first kappa shape index (κ1) is 16.7. The van der Waals surface area contributed by atoms with Gasteiger partial charge in [-0.2, -0.15) is 5.10 Å². The highest BCUT2D eigenvalue weighted by molar-refractivity contribution is 9.10. The summed E-state index contributed by atoms with van der Waals surface area (Å²) in [4.78, 5) is 0. The normalized spacial score (nSPS) is 13.8. The number of hydrogen-bond acceptors (Lipinski definition) is 2. The molecule has 1 atom stereocenters. The highest BCUT2D eigenvalue weighted by Gasteiger charge is 2.24. The van der Waals surface area contributed by atoms with Gasteiger partial charge in [0.05, 0.1) is 15.9 Å². The van der Waals surface area contributed by atoms with Crippen molar-refractivity contribution in [3.63, 3.8) is 0 Å². The van der Waals surface area contributed by atoms with Crippen molar-refractivity contribution in [1.29, 1.82) is 0 Å². The summed E-state index contributed by atoms with van der Waals surface area (Å²) in [6.07, 6.45) is 2.20. The molecule has 0 saturated heterocycles. The van der Waals surface area contributed by atoms with Crippen molar-refractivity contribution < 1.29 is 0 Å². The zero-order valence-corrected chi connectivity index (χ0v) is 14.8. The average molecular weight is 330 g/mol. The maximum Gasteiger partial charge on any atom is 0.0738 e. The van der Waals surface area contributed by atoms with Gasteiger partial charge in [-0.05, 0) is 54.6 Å². The molecule has 110 valence electrons. The summed E-state index contributed by atoms with van der Waals surface area (Å²) >= 11 is 3.68. The molecule has 0 aliphatic rings. The smallest absolute Gasteiger partial charge is 0.0738 e. The van der Waals surface area contributed by atoms with Gasteiger partial charge in [-0.15, -0.1) is 0 Å². The number of halogens is 1. The van der Waals surface area contributed by atoms with E-state index in [9.17, 15) is 0 Å². The predicted molar refractivity (Wildman–Crippen MR) is 85.6 cm³/mol. The van der Waals surface area contributed by atoms with Gasteiger partial charge < -0.3 is 5.32 Å². The minimum Gasteiger partial charge on any atom is -0.314 e. The highest BCUT2D eigenvalue weighted by atomic mass is 79.9. The van der Waals surface area contributed by atoms with E-state index in [4.69, 9.17) is 0 Å². The third-order valence-corrected chi connectivity index (χ3v) is 4.65. The molecular formula is C15H28BrN3. The van der Waals surface area contributed by atoms with E-state index in [1.54, 1.807) is 0 Å². The Labute approximate surface area is 126 Å². The van der Waals surface area contributed by atoms with Crippen molar-refractivity contribution in [3.05, 3.63) is 15.9 Å². The van der Waals surface area contributed by atoms with Crippen LogP contribution < -0.4 is 5.32 Å². The summed E-state index contributed by atoms with van der Waals surface area (Å²) in [5.41, 5.74) is 2.70. The molecule has 1 N–H and O–H groups in total. The molecule has 1 aromatic rings. The SMILES string of the molecule is CCNC(CCc1c(Br)c(C)nn1CC)C(C)(C)C. The summed E-state index contributed by atoms with van der Waals surface area (Å²) in [5.74, 6) is 0. The van der Waals surface area contributed by atoms with Crippen molar-refractivity contribution in [2.75, 3.05) is 6.54 Å². The van der Waals surface area contributed by atoms with E-state index in [0.717, 1.165) is 31.6 Å². The van der Waals surface area contributed by atoms with Crippen LogP contribution in [0.2, 0.25) is 0 Å². The van der Waals surface area contributed by atoms with Crippen LogP contribution in [-0.4, -0.2) is 22.4 Å². The van der Waals surface area contributed by atoms with Gasteiger partial charge in [-0.1, -0.05) is 27.7 Å². The first-order chi connectivity index (χ1) is 8.81. The van der Waals surface area contributed by atoms with Crippen LogP contribution in [0.25, 0.3) is 0 Å². The first-order valence-electron chi connectivity index (χ1n) is 7.26. The molecule has 4 heteroatoms. The van der Waals surface area contributed by atoms with Gasteiger partial charge >= 0.3 is 0 Å². The lowest BCUT2D eigenvalue weighted by atomic mass is 9.83. The minimum atomic E-state index is 0.286. The molecular weight excluding hydrogens is 302 g/mol. The van der Waals surface area contributed by atoms with Crippen molar-refractivity contribution in [2.24, 2.45) is 5.41 Å². The van der Waals surface area contributed by atoms with Crippen LogP contribution in [-0.2, 0) is 13.0 Å². The maximum atomic E-state index is 4.56. The standard InChI is InChI=1S/C15H28BrN3/c1-7-17-13(15(4,5)6)10-9-12-14(16)11(3)18-19(12)8-2/h13,17H,7-10H2,1-6H3. The number of hydrogen-bond donors (Lipinski definition) is 1. The van der Waals surface area contributed by atoms with Crippen molar-refractivity contribution in [2.45, 2.75) is 67.0 Å². The van der Waals surface area contributed by atoms with Crippen LogP contribution in [0.3, 0.4) is 0 Å². The fraction of sp³-hybridized carbons (Fsp3) is 0.800. The number of aryl methyl sites for hydroxylation is 2. The van der Waals surface area contributed by atoms with Crippen LogP contribution in [0.4, 0.5) is 0 Å². The summed E-state index contributed by atoms with van der Waals surface area (Å²) in [6, 6.07) is 0.532. The molecule has 1 aromatic heterocycles. The van der Waals surface area contributed by atoms with Crippen LogP contribution in [0.15, 0.2) is 4.47 Å². The summed E-state index contributed by atoms with van der Waals surface area (Å²) in [6.45, 7) is 15.2. The van der Waals surface area contributed by atoms with Crippen LogP contribution >= 0.6 is 15.9 Å². The van der Waals surface area contributed by atoms with Gasteiger partial charge in [0.1, 0.15) is 0 Å². The molecule has 0 bridgehead atoms. The predicted octanol–water partition coefficient (Wildman–Crippen LogP) is 3.93. The second kappa shape index (κ2) is 6.89. The van der Waals surface area contributed by atoms with Crippen molar-refractivity contribution >= 4 is 15.9 Å². The van der Waals surface area contributed by atoms with Crippen molar-refractivity contribution in [1.82, 2.24) is 15.1 Å². The molecule has 3 nitrogen and oxygen atoms in total. The minimum absolute atomic E-state index is 0.286. The van der Waals surface area contributed by atoms with E-state index >= 15 is 0 Å². The number of nitrogens with one attached hydrogen (secondary N) is 1. The lowest BCUT2D eigenvalue weighted by molar-refractivity contribution is 0.257. The molecule has 1 unspecified atom stereocenters. The van der Waals surface area contributed by atoms with Gasteiger partial charge in [0.15, 0.2) is 0 Å². The molecule has 0 saturated carbocycles. The number of rotatable bonds is 6. The third kappa shape index (κ3) is 4.32. The monoisotopic (exact) mass is 329 g/mol. The molecule has 0 aliphatic carbocycles. The first-order valence-corrected chi connectivity index (χ1v) is 8.05. The Morgan fingerprint density at radius 3 is 2.42 bits per heavy atom. The molecule has 0 aliphatic heterocycles. The zero-order valence-electron chi connectivity index (χ0n) is 13.2. The largest absolute Gasteiger partial charge is 0.314 e. The van der Waals surface area contributed by atoms with Crippen molar-refractivity contribution in [3.8, 4) is 0 Å². The number of aromatic nitrogens is 2. The molecule has 0 amide bonds. The van der Waals surface area contributed by atoms with Crippen LogP contribution in [0, 0.1) is 12.3 Å². The molecule has 0 fully saturated rings. The highest BCUT2D eigenvalue weighted by Crippen LogP contribution is 2.27. The number of nitrogens with zero attached hydrogens (tertiary/aromatic N) is 2. The molecule has 0 aromatic carbocycles. The van der Waals surface area contributed by atoms with Crippen LogP contribution in [0.5, 0.6) is 0 Å².